The molecule has 0 bridgehead atoms. The molecule has 12 rings (SSSR count). The Morgan fingerprint density at radius 2 is 1.25 bits per heavy atom. The maximum absolute atomic E-state index is 11.2. The first-order valence-electron chi connectivity index (χ1n) is 21.7. The third-order valence-corrected chi connectivity index (χ3v) is 14.0. The molecular formula is C58H41N5. The van der Waals surface area contributed by atoms with E-state index >= 15 is 0 Å². The molecule has 0 fully saturated rings. The van der Waals surface area contributed by atoms with Crippen LogP contribution >= 0.6 is 0 Å². The van der Waals surface area contributed by atoms with Crippen molar-refractivity contribution >= 4 is 83.0 Å². The second kappa shape index (κ2) is 13.4. The molecule has 7 aromatic carbocycles. The minimum Gasteiger partial charge on any atom is -0.309 e. The summed E-state index contributed by atoms with van der Waals surface area (Å²) in [6.45, 7) is 8.96. The van der Waals surface area contributed by atoms with Crippen LogP contribution in [-0.4, -0.2) is 13.7 Å². The lowest BCUT2D eigenvalue weighted by Gasteiger charge is -2.22. The third kappa shape index (κ3) is 5.03. The van der Waals surface area contributed by atoms with E-state index in [4.69, 9.17) is 0 Å². The molecule has 0 amide bonds. The Kier molecular flexibility index (Phi) is 7.83. The molecule has 5 nitrogen and oxygen atoms in total. The SMILES string of the molecule is C/C=C\C1=C(C)C(C)(C)c2cc3c4cc(-n5c6c(c7ccccc75)=CCC=CC=6)ccc4n(-c4cc(C#N)c(-n5c6ccccc6c6c7ccccc7ccc65)cc4C#N)c3cc21. The predicted molar refractivity (Wildman–Crippen MR) is 261 cm³/mol. The molecule has 10 aromatic rings. The van der Waals surface area contributed by atoms with Gasteiger partial charge in [0.25, 0.3) is 0 Å². The van der Waals surface area contributed by atoms with E-state index in [0.29, 0.717) is 22.5 Å². The Labute approximate surface area is 364 Å². The molecule has 0 saturated heterocycles. The monoisotopic (exact) mass is 807 g/mol. The van der Waals surface area contributed by atoms with Gasteiger partial charge in [0.15, 0.2) is 0 Å². The first kappa shape index (κ1) is 36.7. The highest BCUT2D eigenvalue weighted by Gasteiger charge is 2.36. The van der Waals surface area contributed by atoms with E-state index in [2.05, 4.69) is 199 Å². The van der Waals surface area contributed by atoms with E-state index < -0.39 is 0 Å². The fourth-order valence-electron chi connectivity index (χ4n) is 10.8. The smallest absolute Gasteiger partial charge is 0.101 e. The lowest BCUT2D eigenvalue weighted by molar-refractivity contribution is 0.640. The van der Waals surface area contributed by atoms with Gasteiger partial charge in [0.05, 0.1) is 55.4 Å². The van der Waals surface area contributed by atoms with Crippen LogP contribution in [0.5, 0.6) is 0 Å². The number of para-hydroxylation sites is 2. The summed E-state index contributed by atoms with van der Waals surface area (Å²) in [7, 11) is 0. The van der Waals surface area contributed by atoms with Gasteiger partial charge in [0, 0.05) is 43.3 Å². The van der Waals surface area contributed by atoms with Crippen LogP contribution in [0, 0.1) is 22.7 Å². The molecule has 0 N–H and O–H groups in total. The fourth-order valence-corrected chi connectivity index (χ4v) is 10.8. The topological polar surface area (TPSA) is 62.4 Å². The van der Waals surface area contributed by atoms with Crippen LogP contribution in [-0.2, 0) is 5.41 Å². The van der Waals surface area contributed by atoms with E-state index in [9.17, 15) is 10.5 Å². The molecule has 5 heteroatoms. The highest BCUT2D eigenvalue weighted by molar-refractivity contribution is 6.21. The number of rotatable bonds is 4. The molecule has 0 spiro atoms. The Morgan fingerprint density at radius 3 is 2.00 bits per heavy atom. The summed E-state index contributed by atoms with van der Waals surface area (Å²) >= 11 is 0. The summed E-state index contributed by atoms with van der Waals surface area (Å²) in [6, 6.07) is 50.2. The maximum Gasteiger partial charge on any atom is 0.101 e. The van der Waals surface area contributed by atoms with Crippen molar-refractivity contribution in [3.63, 3.8) is 0 Å². The fraction of sp³-hybridized carbons (Fsp3) is 0.103. The lowest BCUT2D eigenvalue weighted by atomic mass is 9.81. The molecule has 3 heterocycles. The second-order valence-electron chi connectivity index (χ2n) is 17.4. The first-order valence-corrected chi connectivity index (χ1v) is 21.7. The third-order valence-electron chi connectivity index (χ3n) is 14.0. The summed E-state index contributed by atoms with van der Waals surface area (Å²) in [5, 5.41) is 32.7. The molecule has 0 aliphatic heterocycles. The number of nitrogens with zero attached hydrogens (tertiary/aromatic N) is 5. The van der Waals surface area contributed by atoms with Crippen molar-refractivity contribution in [2.45, 2.75) is 39.5 Å². The molecule has 0 unspecified atom stereocenters. The molecule has 298 valence electrons. The highest BCUT2D eigenvalue weighted by atomic mass is 15.0. The summed E-state index contributed by atoms with van der Waals surface area (Å²) in [6.07, 6.45) is 14.1. The molecule has 3 aromatic heterocycles. The van der Waals surface area contributed by atoms with Crippen LogP contribution in [0.3, 0.4) is 0 Å². The zero-order chi connectivity index (χ0) is 42.7. The minimum atomic E-state index is -0.184. The first-order chi connectivity index (χ1) is 30.8. The zero-order valence-corrected chi connectivity index (χ0v) is 35.5. The Bertz CT molecular complexity index is 4010. The van der Waals surface area contributed by atoms with Crippen molar-refractivity contribution in [3.8, 4) is 29.2 Å². The Hall–Kier alpha value is -8.12. The summed E-state index contributed by atoms with van der Waals surface area (Å²) in [5.74, 6) is 0. The molecule has 0 radical (unpaired) electrons. The summed E-state index contributed by atoms with van der Waals surface area (Å²) in [5.41, 5.74) is 13.3. The summed E-state index contributed by atoms with van der Waals surface area (Å²) < 4.78 is 6.77. The molecule has 2 aliphatic rings. The van der Waals surface area contributed by atoms with Gasteiger partial charge in [-0.1, -0.05) is 117 Å². The van der Waals surface area contributed by atoms with Gasteiger partial charge in [-0.2, -0.15) is 10.5 Å². The average molecular weight is 808 g/mol. The largest absolute Gasteiger partial charge is 0.309 e. The number of allylic oxidation sites excluding steroid dienone is 6. The second-order valence-corrected chi connectivity index (χ2v) is 17.4. The van der Waals surface area contributed by atoms with Crippen LogP contribution in [0.2, 0.25) is 0 Å². The van der Waals surface area contributed by atoms with Gasteiger partial charge >= 0.3 is 0 Å². The molecular weight excluding hydrogens is 767 g/mol. The van der Waals surface area contributed by atoms with Crippen molar-refractivity contribution in [2.75, 3.05) is 0 Å². The predicted octanol–water partition coefficient (Wildman–Crippen LogP) is 12.9. The Morgan fingerprint density at radius 1 is 0.619 bits per heavy atom. The van der Waals surface area contributed by atoms with Crippen molar-refractivity contribution in [1.82, 2.24) is 13.7 Å². The van der Waals surface area contributed by atoms with Crippen LogP contribution in [0.4, 0.5) is 0 Å². The van der Waals surface area contributed by atoms with E-state index in [-0.39, 0.29) is 5.41 Å². The van der Waals surface area contributed by atoms with Crippen LogP contribution in [0.15, 0.2) is 157 Å². The number of aromatic nitrogens is 3. The van der Waals surface area contributed by atoms with E-state index in [0.717, 1.165) is 77.4 Å². The van der Waals surface area contributed by atoms with Gasteiger partial charge in [0.1, 0.15) is 12.1 Å². The number of hydrogen-bond donors (Lipinski definition) is 0. The van der Waals surface area contributed by atoms with E-state index in [1.807, 2.05) is 18.2 Å². The van der Waals surface area contributed by atoms with E-state index in [1.54, 1.807) is 0 Å². The van der Waals surface area contributed by atoms with Gasteiger partial charge in [-0.3, -0.25) is 0 Å². The van der Waals surface area contributed by atoms with Crippen molar-refractivity contribution in [2.24, 2.45) is 0 Å². The number of nitriles is 2. The molecule has 0 atom stereocenters. The van der Waals surface area contributed by atoms with Crippen LogP contribution in [0.25, 0.3) is 100 Å². The van der Waals surface area contributed by atoms with Crippen molar-refractivity contribution < 1.29 is 0 Å². The Balaban J connectivity index is 1.17. The van der Waals surface area contributed by atoms with Gasteiger partial charge in [-0.15, -0.1) is 0 Å². The van der Waals surface area contributed by atoms with Crippen LogP contribution in [0.1, 0.15) is 56.4 Å². The lowest BCUT2D eigenvalue weighted by Crippen LogP contribution is -2.27. The maximum atomic E-state index is 11.2. The molecule has 2 aliphatic carbocycles. The average Bonchev–Trinajstić information content (AvgIpc) is 3.91. The zero-order valence-electron chi connectivity index (χ0n) is 35.5. The van der Waals surface area contributed by atoms with Crippen molar-refractivity contribution in [1.29, 1.82) is 10.5 Å². The molecule has 0 saturated carbocycles. The number of fused-ring (bicyclic) bond motifs is 12. The highest BCUT2D eigenvalue weighted by Crippen LogP contribution is 2.50. The minimum absolute atomic E-state index is 0.184. The van der Waals surface area contributed by atoms with Gasteiger partial charge < -0.3 is 13.7 Å². The quantitative estimate of drug-likeness (QED) is 0.178. The van der Waals surface area contributed by atoms with E-state index in [1.165, 1.54) is 32.9 Å². The van der Waals surface area contributed by atoms with Gasteiger partial charge in [-0.05, 0) is 114 Å². The van der Waals surface area contributed by atoms with Gasteiger partial charge in [-0.25, -0.2) is 0 Å². The normalized spacial score (nSPS) is 14.4. The van der Waals surface area contributed by atoms with Crippen LogP contribution < -0.4 is 10.6 Å². The molecule has 63 heavy (non-hydrogen) atoms. The van der Waals surface area contributed by atoms with Gasteiger partial charge in [0.2, 0.25) is 0 Å². The standard InChI is InChI=1S/C58H41N5/c1-5-15-40-35(2)58(3,4)48-31-47-46-30-39(61-49-21-8-6-7-18-42(49)43-19-11-13-22-50(43)61)25-27-52(46)63(56(47)32-45(40)48)55-29-37(33-59)54(28-38(55)34-60)62-51-23-14-12-20-44(51)57-41-17-10-9-16-36(41)24-26-53(57)62/h5-6,8-32H,7H2,1-4H3/b15-5-. The summed E-state index contributed by atoms with van der Waals surface area (Å²) in [4.78, 5) is 0. The number of hydrogen-bond acceptors (Lipinski definition) is 2. The number of benzene rings is 7. The van der Waals surface area contributed by atoms with Crippen molar-refractivity contribution in [3.05, 3.63) is 190 Å².